The minimum Gasteiger partial charge on any atom is -0.374 e. The third-order valence-corrected chi connectivity index (χ3v) is 5.30. The number of allylic oxidation sites excluding steroid dienone is 1. The van der Waals surface area contributed by atoms with Crippen molar-refractivity contribution in [3.05, 3.63) is 11.8 Å². The van der Waals surface area contributed by atoms with Gasteiger partial charge in [-0.2, -0.15) is 0 Å². The van der Waals surface area contributed by atoms with Crippen LogP contribution in [0.4, 0.5) is 0 Å². The van der Waals surface area contributed by atoms with Gasteiger partial charge in [0.2, 0.25) is 0 Å². The Morgan fingerprint density at radius 2 is 1.53 bits per heavy atom. The van der Waals surface area contributed by atoms with Gasteiger partial charge in [-0.25, -0.2) is 0 Å². The SMILES string of the molecule is C=C(CCCCCC)[Si](OC)(OC)OC. The lowest BCUT2D eigenvalue weighted by atomic mass is 10.1. The van der Waals surface area contributed by atoms with Gasteiger partial charge in [0.05, 0.1) is 0 Å². The van der Waals surface area contributed by atoms with E-state index in [0.717, 1.165) is 18.0 Å². The summed E-state index contributed by atoms with van der Waals surface area (Å²) in [6, 6.07) is 0. The van der Waals surface area contributed by atoms with Gasteiger partial charge in [0, 0.05) is 21.3 Å². The third-order valence-electron chi connectivity index (χ3n) is 2.57. The normalized spacial score (nSPS) is 11.7. The minimum atomic E-state index is -2.58. The van der Waals surface area contributed by atoms with E-state index in [0.29, 0.717) is 0 Å². The van der Waals surface area contributed by atoms with Crippen molar-refractivity contribution in [2.45, 2.75) is 39.0 Å². The van der Waals surface area contributed by atoms with Crippen LogP contribution < -0.4 is 0 Å². The maximum absolute atomic E-state index is 5.35. The van der Waals surface area contributed by atoms with Gasteiger partial charge >= 0.3 is 8.80 Å². The predicted molar refractivity (Wildman–Crippen MR) is 64.7 cm³/mol. The van der Waals surface area contributed by atoms with E-state index in [1.54, 1.807) is 21.3 Å². The Morgan fingerprint density at radius 3 is 1.93 bits per heavy atom. The Hall–Kier alpha value is -0.163. The summed E-state index contributed by atoms with van der Waals surface area (Å²) in [4.78, 5) is 0. The second-order valence-electron chi connectivity index (χ2n) is 3.58. The lowest BCUT2D eigenvalue weighted by molar-refractivity contribution is 0.133. The summed E-state index contributed by atoms with van der Waals surface area (Å²) in [6.45, 7) is 6.23. The van der Waals surface area contributed by atoms with Crippen molar-refractivity contribution in [3.63, 3.8) is 0 Å². The molecule has 4 heteroatoms. The molecule has 0 amide bonds. The molecule has 0 aromatic rings. The Balaban J connectivity index is 4.04. The van der Waals surface area contributed by atoms with E-state index in [1.807, 2.05) is 0 Å². The summed E-state index contributed by atoms with van der Waals surface area (Å²) >= 11 is 0. The average molecular weight is 232 g/mol. The zero-order valence-corrected chi connectivity index (χ0v) is 11.5. The molecule has 0 heterocycles. The number of unbranched alkanes of at least 4 members (excludes halogenated alkanes) is 3. The van der Waals surface area contributed by atoms with E-state index in [9.17, 15) is 0 Å². The molecule has 0 unspecified atom stereocenters. The Bertz CT molecular complexity index is 170. The lowest BCUT2D eigenvalue weighted by Crippen LogP contribution is -2.45. The monoisotopic (exact) mass is 232 g/mol. The fourth-order valence-corrected chi connectivity index (χ4v) is 3.45. The molecule has 0 saturated heterocycles. The van der Waals surface area contributed by atoms with Gasteiger partial charge in [-0.3, -0.25) is 0 Å². The maximum atomic E-state index is 5.35. The predicted octanol–water partition coefficient (Wildman–Crippen LogP) is 2.93. The summed E-state index contributed by atoms with van der Waals surface area (Å²) < 4.78 is 16.0. The topological polar surface area (TPSA) is 27.7 Å². The highest BCUT2D eigenvalue weighted by Crippen LogP contribution is 2.21. The van der Waals surface area contributed by atoms with E-state index in [2.05, 4.69) is 13.5 Å². The molecular formula is C11H24O3Si. The molecule has 0 N–H and O–H groups in total. The zero-order valence-electron chi connectivity index (χ0n) is 10.5. The van der Waals surface area contributed by atoms with Crippen LogP contribution in [0.2, 0.25) is 0 Å². The first-order chi connectivity index (χ1) is 7.16. The van der Waals surface area contributed by atoms with Gasteiger partial charge in [-0.1, -0.05) is 32.8 Å². The molecule has 0 aromatic carbocycles. The first kappa shape index (κ1) is 14.8. The van der Waals surface area contributed by atoms with Gasteiger partial charge in [0.15, 0.2) is 0 Å². The second-order valence-corrected chi connectivity index (χ2v) is 6.63. The van der Waals surface area contributed by atoms with E-state index in [-0.39, 0.29) is 0 Å². The summed E-state index contributed by atoms with van der Waals surface area (Å²) in [7, 11) is 2.29. The standard InChI is InChI=1S/C11H24O3Si/c1-6-7-8-9-10-11(2)15(12-3,13-4)14-5/h2,6-10H2,1,3-5H3. The van der Waals surface area contributed by atoms with Crippen molar-refractivity contribution in [3.8, 4) is 0 Å². The molecular weight excluding hydrogens is 208 g/mol. The molecule has 0 aliphatic rings. The fraction of sp³-hybridized carbons (Fsp3) is 0.818. The summed E-state index contributed by atoms with van der Waals surface area (Å²) in [5.74, 6) is 0. The van der Waals surface area contributed by atoms with Crippen LogP contribution in [0.3, 0.4) is 0 Å². The Kier molecular flexibility index (Phi) is 7.96. The average Bonchev–Trinajstić information content (AvgIpc) is 2.28. The fourth-order valence-electron chi connectivity index (χ4n) is 1.60. The summed E-state index contributed by atoms with van der Waals surface area (Å²) in [6.07, 6.45) is 5.82. The quantitative estimate of drug-likeness (QED) is 0.452. The number of hydrogen-bond acceptors (Lipinski definition) is 3. The van der Waals surface area contributed by atoms with Crippen LogP contribution in [0.25, 0.3) is 0 Å². The highest BCUT2D eigenvalue weighted by molar-refractivity contribution is 6.68. The van der Waals surface area contributed by atoms with Crippen LogP contribution in [0.5, 0.6) is 0 Å². The van der Waals surface area contributed by atoms with Crippen molar-refractivity contribution < 1.29 is 13.3 Å². The first-order valence-corrected chi connectivity index (χ1v) is 7.23. The van der Waals surface area contributed by atoms with Crippen molar-refractivity contribution >= 4 is 8.80 Å². The molecule has 3 nitrogen and oxygen atoms in total. The van der Waals surface area contributed by atoms with E-state index < -0.39 is 8.80 Å². The first-order valence-electron chi connectivity index (χ1n) is 5.50. The zero-order chi connectivity index (χ0) is 11.7. The molecule has 0 aliphatic carbocycles. The molecule has 0 fully saturated rings. The minimum absolute atomic E-state index is 0.932. The van der Waals surface area contributed by atoms with E-state index in [1.165, 1.54) is 19.3 Å². The molecule has 0 rings (SSSR count). The van der Waals surface area contributed by atoms with Crippen molar-refractivity contribution in [2.75, 3.05) is 21.3 Å². The van der Waals surface area contributed by atoms with Crippen molar-refractivity contribution in [1.82, 2.24) is 0 Å². The van der Waals surface area contributed by atoms with E-state index in [4.69, 9.17) is 13.3 Å². The van der Waals surface area contributed by atoms with Gasteiger partial charge in [0.1, 0.15) is 0 Å². The van der Waals surface area contributed by atoms with Gasteiger partial charge in [-0.05, 0) is 18.0 Å². The Morgan fingerprint density at radius 1 is 1.00 bits per heavy atom. The lowest BCUT2D eigenvalue weighted by Gasteiger charge is -2.26. The van der Waals surface area contributed by atoms with Gasteiger partial charge < -0.3 is 13.3 Å². The van der Waals surface area contributed by atoms with Crippen molar-refractivity contribution in [1.29, 1.82) is 0 Å². The maximum Gasteiger partial charge on any atom is 0.531 e. The van der Waals surface area contributed by atoms with Gasteiger partial charge in [-0.15, -0.1) is 0 Å². The molecule has 90 valence electrons. The van der Waals surface area contributed by atoms with Crippen molar-refractivity contribution in [2.24, 2.45) is 0 Å². The molecule has 0 aliphatic heterocycles. The molecule has 0 atom stereocenters. The highest BCUT2D eigenvalue weighted by Gasteiger charge is 2.41. The smallest absolute Gasteiger partial charge is 0.374 e. The molecule has 0 spiro atoms. The molecule has 0 aromatic heterocycles. The van der Waals surface area contributed by atoms with Crippen LogP contribution in [0, 0.1) is 0 Å². The van der Waals surface area contributed by atoms with Crippen LogP contribution in [-0.2, 0) is 13.3 Å². The molecule has 0 saturated carbocycles. The number of hydrogen-bond donors (Lipinski definition) is 0. The largest absolute Gasteiger partial charge is 0.531 e. The third kappa shape index (κ3) is 4.47. The molecule has 15 heavy (non-hydrogen) atoms. The van der Waals surface area contributed by atoms with Crippen LogP contribution in [-0.4, -0.2) is 30.1 Å². The van der Waals surface area contributed by atoms with E-state index >= 15 is 0 Å². The van der Waals surface area contributed by atoms with Crippen LogP contribution in [0.15, 0.2) is 11.8 Å². The second kappa shape index (κ2) is 8.04. The summed E-state index contributed by atoms with van der Waals surface area (Å²) in [5.41, 5.74) is 0. The summed E-state index contributed by atoms with van der Waals surface area (Å²) in [5, 5.41) is 0.978. The highest BCUT2D eigenvalue weighted by atomic mass is 28.4. The Labute approximate surface area is 94.8 Å². The molecule has 0 bridgehead atoms. The van der Waals surface area contributed by atoms with Gasteiger partial charge in [0.25, 0.3) is 0 Å². The number of rotatable bonds is 9. The van der Waals surface area contributed by atoms with Crippen LogP contribution >= 0.6 is 0 Å². The van der Waals surface area contributed by atoms with Crippen LogP contribution in [0.1, 0.15) is 39.0 Å². The molecule has 0 radical (unpaired) electrons.